The zero-order valence-electron chi connectivity index (χ0n) is 25.4. The van der Waals surface area contributed by atoms with E-state index >= 15 is 0 Å². The lowest BCUT2D eigenvalue weighted by Crippen LogP contribution is -2.23. The van der Waals surface area contributed by atoms with E-state index in [9.17, 15) is 0 Å². The number of nitrogens with one attached hydrogen (secondary N) is 2. The van der Waals surface area contributed by atoms with Crippen LogP contribution in [0.5, 0.6) is 5.75 Å². The maximum Gasteiger partial charge on any atom is 0.128 e. The van der Waals surface area contributed by atoms with Gasteiger partial charge in [-0.25, -0.2) is 0 Å². The number of nitrogens with zero attached hydrogens (tertiary/aromatic N) is 2. The maximum atomic E-state index is 6.48. The summed E-state index contributed by atoms with van der Waals surface area (Å²) in [6.45, 7) is 8.95. The Balaban J connectivity index is -0.00000342. The van der Waals surface area contributed by atoms with E-state index in [1.165, 1.54) is 47.9 Å². The Bertz CT molecular complexity index is 802. The number of halogens is 4. The highest BCUT2D eigenvalue weighted by Crippen LogP contribution is 2.27. The number of benzene rings is 2. The summed E-state index contributed by atoms with van der Waals surface area (Å²) in [5.41, 5.74) is 5.32. The zero-order valence-corrected chi connectivity index (χ0v) is 28.6. The average molecular weight is 643 g/mol. The van der Waals surface area contributed by atoms with Crippen LogP contribution in [0.15, 0.2) is 42.5 Å². The normalized spacial score (nSPS) is 10.4. The zero-order chi connectivity index (χ0) is 26.0. The molecule has 0 aliphatic rings. The van der Waals surface area contributed by atoms with Crippen LogP contribution in [0.4, 0.5) is 0 Å². The number of ether oxygens (including phenoxy) is 1. The van der Waals surface area contributed by atoms with E-state index < -0.39 is 0 Å². The monoisotopic (exact) mass is 640 g/mol. The molecule has 0 fully saturated rings. The fourth-order valence-corrected chi connectivity index (χ4v) is 4.47. The molecule has 9 heteroatoms. The fraction of sp³-hybridized carbons (Fsp3) is 0.613. The Morgan fingerprint density at radius 3 is 1.65 bits per heavy atom. The van der Waals surface area contributed by atoms with Gasteiger partial charge in [-0.15, -0.1) is 49.6 Å². The van der Waals surface area contributed by atoms with Crippen molar-refractivity contribution in [2.75, 3.05) is 61.0 Å². The van der Waals surface area contributed by atoms with Gasteiger partial charge in [0, 0.05) is 24.2 Å². The van der Waals surface area contributed by atoms with Gasteiger partial charge in [0.05, 0.1) is 6.61 Å². The standard InChI is InChI=1S/C31H52N4O.4ClH/c1-27-23-29(25-32-18-13-20-34(2)3)31(30(24-27)26-33-19-14-21-35(4)5)36-22-12-7-6-9-15-28-16-10-8-11-17-28;;;;/h8,10-11,16-17,23-24,32-33H,6-7,9,12-15,18-22,25-26H2,1-5H3;4*1H. The summed E-state index contributed by atoms with van der Waals surface area (Å²) in [6.07, 6.45) is 8.30. The first-order chi connectivity index (χ1) is 17.5. The van der Waals surface area contributed by atoms with Crippen molar-refractivity contribution in [3.63, 3.8) is 0 Å². The molecule has 2 aromatic rings. The third-order valence-electron chi connectivity index (χ3n) is 6.38. The highest BCUT2D eigenvalue weighted by Gasteiger charge is 2.12. The molecule has 0 spiro atoms. The maximum absolute atomic E-state index is 6.48. The van der Waals surface area contributed by atoms with Gasteiger partial charge in [0.2, 0.25) is 0 Å². The molecular weight excluding hydrogens is 586 g/mol. The quantitative estimate of drug-likeness (QED) is 0.153. The van der Waals surface area contributed by atoms with Gasteiger partial charge in [-0.1, -0.05) is 60.9 Å². The first kappa shape index (κ1) is 43.7. The SMILES string of the molecule is Cc1cc(CNCCCN(C)C)c(OCCCCCCc2ccccc2)c(CNCCCN(C)C)c1.Cl.Cl.Cl.Cl. The molecule has 0 saturated carbocycles. The molecule has 0 atom stereocenters. The van der Waals surface area contributed by atoms with E-state index in [1.807, 2.05) is 0 Å². The van der Waals surface area contributed by atoms with Crippen LogP contribution in [-0.4, -0.2) is 70.8 Å². The number of hydrogen-bond acceptors (Lipinski definition) is 5. The molecule has 2 rings (SSSR count). The molecular formula is C31H56Cl4N4O. The second-order valence-corrected chi connectivity index (χ2v) is 10.6. The highest BCUT2D eigenvalue weighted by atomic mass is 35.5. The molecule has 2 aromatic carbocycles. The molecule has 0 aliphatic heterocycles. The van der Waals surface area contributed by atoms with Crippen molar-refractivity contribution in [3.05, 3.63) is 64.7 Å². The van der Waals surface area contributed by atoms with Gasteiger partial charge in [0.15, 0.2) is 0 Å². The van der Waals surface area contributed by atoms with Crippen LogP contribution in [0.1, 0.15) is 60.8 Å². The Kier molecular flexibility index (Phi) is 29.6. The van der Waals surface area contributed by atoms with Gasteiger partial charge in [-0.05, 0) is 99.0 Å². The Hall–Kier alpha value is -0.760. The molecule has 0 aromatic heterocycles. The van der Waals surface area contributed by atoms with E-state index in [2.05, 4.69) is 98.0 Å². The first-order valence-corrected chi connectivity index (χ1v) is 14.0. The second kappa shape index (κ2) is 27.1. The summed E-state index contributed by atoms with van der Waals surface area (Å²) in [6, 6.07) is 15.4. The van der Waals surface area contributed by atoms with Gasteiger partial charge < -0.3 is 25.2 Å². The van der Waals surface area contributed by atoms with Crippen LogP contribution in [0.3, 0.4) is 0 Å². The van der Waals surface area contributed by atoms with Crippen LogP contribution in [0.25, 0.3) is 0 Å². The van der Waals surface area contributed by atoms with Crippen molar-refractivity contribution < 1.29 is 4.74 Å². The number of rotatable bonds is 20. The topological polar surface area (TPSA) is 39.8 Å². The summed E-state index contributed by atoms with van der Waals surface area (Å²) >= 11 is 0. The molecule has 5 nitrogen and oxygen atoms in total. The number of unbranched alkanes of at least 4 members (excludes halogenated alkanes) is 3. The summed E-state index contributed by atoms with van der Waals surface area (Å²) < 4.78 is 6.48. The van der Waals surface area contributed by atoms with Crippen molar-refractivity contribution in [2.24, 2.45) is 0 Å². The second-order valence-electron chi connectivity index (χ2n) is 10.6. The van der Waals surface area contributed by atoms with Crippen LogP contribution in [-0.2, 0) is 19.5 Å². The average Bonchev–Trinajstić information content (AvgIpc) is 2.84. The molecule has 2 N–H and O–H groups in total. The van der Waals surface area contributed by atoms with Crippen molar-refractivity contribution in [3.8, 4) is 5.75 Å². The minimum atomic E-state index is 0. The lowest BCUT2D eigenvalue weighted by molar-refractivity contribution is 0.297. The van der Waals surface area contributed by atoms with Crippen molar-refractivity contribution in [1.29, 1.82) is 0 Å². The van der Waals surface area contributed by atoms with E-state index in [0.717, 1.165) is 70.9 Å². The van der Waals surface area contributed by atoms with Gasteiger partial charge >= 0.3 is 0 Å². The molecule has 0 amide bonds. The fourth-order valence-electron chi connectivity index (χ4n) is 4.47. The van der Waals surface area contributed by atoms with Gasteiger partial charge in [0.1, 0.15) is 5.75 Å². The Morgan fingerprint density at radius 2 is 1.15 bits per heavy atom. The summed E-state index contributed by atoms with van der Waals surface area (Å²) in [5, 5.41) is 7.28. The third kappa shape index (κ3) is 20.2. The molecule has 234 valence electrons. The molecule has 0 aliphatic carbocycles. The molecule has 0 unspecified atom stereocenters. The molecule has 0 bridgehead atoms. The number of hydrogen-bond donors (Lipinski definition) is 2. The first-order valence-electron chi connectivity index (χ1n) is 14.0. The number of aryl methyl sites for hydroxylation is 2. The minimum absolute atomic E-state index is 0. The molecule has 40 heavy (non-hydrogen) atoms. The lowest BCUT2D eigenvalue weighted by Gasteiger charge is -2.19. The van der Waals surface area contributed by atoms with Crippen molar-refractivity contribution in [2.45, 2.75) is 65.0 Å². The van der Waals surface area contributed by atoms with E-state index in [-0.39, 0.29) is 49.6 Å². The van der Waals surface area contributed by atoms with Crippen molar-refractivity contribution >= 4 is 49.6 Å². The van der Waals surface area contributed by atoms with Crippen LogP contribution < -0.4 is 15.4 Å². The van der Waals surface area contributed by atoms with Crippen LogP contribution in [0, 0.1) is 6.92 Å². The Labute approximate surface area is 270 Å². The third-order valence-corrected chi connectivity index (χ3v) is 6.38. The smallest absolute Gasteiger partial charge is 0.128 e. The molecule has 0 saturated heterocycles. The van der Waals surface area contributed by atoms with Crippen molar-refractivity contribution in [1.82, 2.24) is 20.4 Å². The molecule has 0 heterocycles. The molecule has 0 radical (unpaired) electrons. The van der Waals surface area contributed by atoms with E-state index in [0.29, 0.717) is 0 Å². The summed E-state index contributed by atoms with van der Waals surface area (Å²) in [7, 11) is 8.52. The van der Waals surface area contributed by atoms with Gasteiger partial charge in [0.25, 0.3) is 0 Å². The van der Waals surface area contributed by atoms with E-state index in [1.54, 1.807) is 0 Å². The summed E-state index contributed by atoms with van der Waals surface area (Å²) in [4.78, 5) is 4.48. The van der Waals surface area contributed by atoms with E-state index in [4.69, 9.17) is 4.74 Å². The highest BCUT2D eigenvalue weighted by molar-refractivity contribution is 5.86. The largest absolute Gasteiger partial charge is 0.493 e. The predicted molar refractivity (Wildman–Crippen MR) is 184 cm³/mol. The Morgan fingerprint density at radius 1 is 0.650 bits per heavy atom. The van der Waals surface area contributed by atoms with Crippen LogP contribution >= 0.6 is 49.6 Å². The van der Waals surface area contributed by atoms with Gasteiger partial charge in [-0.3, -0.25) is 0 Å². The lowest BCUT2D eigenvalue weighted by atomic mass is 10.0. The predicted octanol–water partition coefficient (Wildman–Crippen LogP) is 6.95. The summed E-state index contributed by atoms with van der Waals surface area (Å²) in [5.74, 6) is 1.09. The minimum Gasteiger partial charge on any atom is -0.493 e. The van der Waals surface area contributed by atoms with Crippen LogP contribution in [0.2, 0.25) is 0 Å². The van der Waals surface area contributed by atoms with Gasteiger partial charge in [-0.2, -0.15) is 0 Å².